The molecule has 2 aliphatic heterocycles. The average Bonchev–Trinajstić information content (AvgIpc) is 3.71. The van der Waals surface area contributed by atoms with Crippen molar-refractivity contribution >= 4 is 28.9 Å². The Hall–Kier alpha value is -4.40. The number of carbonyl (C=O) groups excluding carboxylic acids is 1. The largest absolute Gasteiger partial charge is 0.373 e. The van der Waals surface area contributed by atoms with E-state index in [0.717, 1.165) is 67.4 Å². The van der Waals surface area contributed by atoms with Gasteiger partial charge in [-0.1, -0.05) is 18.1 Å². The van der Waals surface area contributed by atoms with Crippen LogP contribution in [-0.4, -0.2) is 92.5 Å². The first kappa shape index (κ1) is 27.4. The maximum atomic E-state index is 12.7. The van der Waals surface area contributed by atoms with Crippen molar-refractivity contribution in [1.82, 2.24) is 34.2 Å². The van der Waals surface area contributed by atoms with E-state index in [2.05, 4.69) is 56.5 Å². The lowest BCUT2D eigenvalue weighted by atomic mass is 9.94. The first-order valence-corrected chi connectivity index (χ1v) is 15.1. The highest BCUT2D eigenvalue weighted by molar-refractivity contribution is 5.76. The maximum Gasteiger partial charge on any atom is 0.247 e. The molecule has 2 bridgehead atoms. The molecule has 11 heteroatoms. The van der Waals surface area contributed by atoms with Crippen molar-refractivity contribution in [2.45, 2.75) is 32.1 Å². The van der Waals surface area contributed by atoms with Crippen LogP contribution in [0.2, 0.25) is 0 Å². The van der Waals surface area contributed by atoms with Crippen molar-refractivity contribution in [3.8, 4) is 12.3 Å². The Bertz CT molecular complexity index is 1620. The minimum absolute atomic E-state index is 0.0834. The molecule has 1 aliphatic carbocycles. The molecule has 3 aromatic heterocycles. The number of fused-ring (bicyclic) bond motifs is 3. The van der Waals surface area contributed by atoms with E-state index in [0.29, 0.717) is 24.4 Å². The monoisotopic (exact) mass is 579 g/mol. The van der Waals surface area contributed by atoms with Crippen LogP contribution in [-0.2, 0) is 22.7 Å². The zero-order valence-corrected chi connectivity index (χ0v) is 24.5. The van der Waals surface area contributed by atoms with Gasteiger partial charge in [0.25, 0.3) is 0 Å². The van der Waals surface area contributed by atoms with E-state index in [9.17, 15) is 4.79 Å². The summed E-state index contributed by atoms with van der Waals surface area (Å²) in [5, 5.41) is 12.3. The second-order valence-electron chi connectivity index (χ2n) is 12.0. The fourth-order valence-corrected chi connectivity index (χ4v) is 6.66. The summed E-state index contributed by atoms with van der Waals surface area (Å²) in [5.41, 5.74) is 4.68. The summed E-state index contributed by atoms with van der Waals surface area (Å²) >= 11 is 0. The van der Waals surface area contributed by atoms with E-state index in [-0.39, 0.29) is 18.6 Å². The Morgan fingerprint density at radius 1 is 1.09 bits per heavy atom. The minimum Gasteiger partial charge on any atom is -0.373 e. The molecular weight excluding hydrogens is 542 g/mol. The third-order valence-corrected chi connectivity index (χ3v) is 9.04. The smallest absolute Gasteiger partial charge is 0.247 e. The zero-order valence-electron chi connectivity index (χ0n) is 24.5. The molecule has 1 amide bonds. The van der Waals surface area contributed by atoms with E-state index < -0.39 is 0 Å². The summed E-state index contributed by atoms with van der Waals surface area (Å²) in [5.74, 6) is 4.20. The number of amides is 1. The molecule has 1 unspecified atom stereocenters. The molecule has 3 aliphatic rings. The van der Waals surface area contributed by atoms with Gasteiger partial charge in [-0.15, -0.1) is 11.5 Å². The van der Waals surface area contributed by atoms with E-state index in [1.165, 1.54) is 12.8 Å². The number of pyridine rings is 1. The molecule has 0 radical (unpaired) electrons. The van der Waals surface area contributed by atoms with Crippen LogP contribution in [0, 0.1) is 24.2 Å². The average molecular weight is 580 g/mol. The number of aromatic nitrogens is 5. The molecule has 2 saturated heterocycles. The predicted molar refractivity (Wildman–Crippen MR) is 164 cm³/mol. The molecule has 222 valence electrons. The van der Waals surface area contributed by atoms with Gasteiger partial charge in [0.05, 0.1) is 30.3 Å². The number of likely N-dealkylation sites (N-methyl/N-ethyl adjacent to an activating group) is 1. The van der Waals surface area contributed by atoms with Crippen molar-refractivity contribution in [3.05, 3.63) is 66.1 Å². The number of piperidine rings is 1. The molecule has 11 nitrogen and oxygen atoms in total. The van der Waals surface area contributed by atoms with Crippen LogP contribution in [0.4, 0.5) is 17.3 Å². The molecule has 43 heavy (non-hydrogen) atoms. The summed E-state index contributed by atoms with van der Waals surface area (Å²) < 4.78 is 9.97. The lowest BCUT2D eigenvalue weighted by Gasteiger charge is -2.39. The summed E-state index contributed by atoms with van der Waals surface area (Å²) in [6.07, 6.45) is 13.6. The zero-order chi connectivity index (χ0) is 29.3. The number of anilines is 3. The van der Waals surface area contributed by atoms with Gasteiger partial charge in [0.2, 0.25) is 11.9 Å². The van der Waals surface area contributed by atoms with Gasteiger partial charge in [0.15, 0.2) is 5.65 Å². The number of benzene rings is 1. The Morgan fingerprint density at radius 2 is 1.86 bits per heavy atom. The molecule has 1 N–H and O–H groups in total. The van der Waals surface area contributed by atoms with Gasteiger partial charge in [0.1, 0.15) is 6.54 Å². The Labute approximate surface area is 251 Å². The third kappa shape index (κ3) is 5.81. The van der Waals surface area contributed by atoms with Crippen molar-refractivity contribution in [3.63, 3.8) is 0 Å². The number of piperazine rings is 1. The summed E-state index contributed by atoms with van der Waals surface area (Å²) in [6, 6.07) is 12.2. The van der Waals surface area contributed by atoms with Gasteiger partial charge in [-0.25, -0.2) is 4.52 Å². The number of carbonyl (C=O) groups is 1. The number of terminal acetylenes is 1. The molecule has 3 atom stereocenters. The number of nitrogens with zero attached hydrogens (tertiary/aromatic N) is 8. The summed E-state index contributed by atoms with van der Waals surface area (Å²) in [4.78, 5) is 24.2. The molecule has 1 saturated carbocycles. The van der Waals surface area contributed by atoms with Crippen molar-refractivity contribution in [1.29, 1.82) is 0 Å². The predicted octanol–water partition coefficient (Wildman–Crippen LogP) is 2.86. The van der Waals surface area contributed by atoms with E-state index in [1.807, 2.05) is 40.0 Å². The molecule has 5 heterocycles. The van der Waals surface area contributed by atoms with E-state index in [4.69, 9.17) is 16.1 Å². The molecule has 3 fully saturated rings. The van der Waals surface area contributed by atoms with Gasteiger partial charge in [0, 0.05) is 69.1 Å². The van der Waals surface area contributed by atoms with Crippen molar-refractivity contribution < 1.29 is 9.53 Å². The van der Waals surface area contributed by atoms with Crippen LogP contribution in [0.5, 0.6) is 0 Å². The van der Waals surface area contributed by atoms with E-state index >= 15 is 0 Å². The number of rotatable bonds is 8. The lowest BCUT2D eigenvalue weighted by Crippen LogP contribution is -2.48. The quantitative estimate of drug-likeness (QED) is 0.319. The number of nitrogens with one attached hydrogen (secondary N) is 1. The summed E-state index contributed by atoms with van der Waals surface area (Å²) in [7, 11) is 2.08. The van der Waals surface area contributed by atoms with Crippen LogP contribution in [0.15, 0.2) is 55.0 Å². The Balaban J connectivity index is 0.991. The van der Waals surface area contributed by atoms with Crippen LogP contribution >= 0.6 is 0 Å². The first-order chi connectivity index (χ1) is 21.0. The standard InChI is InChI=1S/C32H37N9O2/c1-3-23-6-8-24(9-7-23)22-43-30-25-10-11-26(30)19-39(18-25)28-5-4-12-41-31(28)35-32(36-41)34-27-17-33-40(20-27)21-29(42)38-15-13-37(2)14-16-38/h1,4-9,12,17,20,25-26,30H,10-11,13-16,18-19,21-22H2,2H3,(H,34,36)/t25-,26+,30?. The summed E-state index contributed by atoms with van der Waals surface area (Å²) in [6.45, 7) is 5.99. The number of hydrogen-bond acceptors (Lipinski definition) is 8. The molecule has 1 aromatic carbocycles. The Morgan fingerprint density at radius 3 is 2.60 bits per heavy atom. The van der Waals surface area contributed by atoms with Crippen LogP contribution in [0.1, 0.15) is 24.0 Å². The lowest BCUT2D eigenvalue weighted by molar-refractivity contribution is -0.133. The van der Waals surface area contributed by atoms with Gasteiger partial charge < -0.3 is 24.8 Å². The molecular formula is C32H37N9O2. The SMILES string of the molecule is C#Cc1ccc(COC2[C@@H]3CC[C@H]2CN(c2cccn4nc(Nc5cnn(CC(=O)N6CCN(C)CC6)c5)nc24)C3)cc1. The van der Waals surface area contributed by atoms with Crippen molar-refractivity contribution in [2.24, 2.45) is 11.8 Å². The first-order valence-electron chi connectivity index (χ1n) is 15.1. The van der Waals surface area contributed by atoms with Gasteiger partial charge in [-0.3, -0.25) is 9.48 Å². The second kappa shape index (κ2) is 11.7. The third-order valence-electron chi connectivity index (χ3n) is 9.04. The van der Waals surface area contributed by atoms with Crippen molar-refractivity contribution in [2.75, 3.05) is 56.5 Å². The van der Waals surface area contributed by atoms with Gasteiger partial charge in [-0.05, 0) is 49.7 Å². The van der Waals surface area contributed by atoms with Crippen LogP contribution < -0.4 is 10.2 Å². The van der Waals surface area contributed by atoms with Gasteiger partial charge in [-0.2, -0.15) is 10.1 Å². The maximum absolute atomic E-state index is 12.7. The highest BCUT2D eigenvalue weighted by atomic mass is 16.5. The van der Waals surface area contributed by atoms with Gasteiger partial charge >= 0.3 is 0 Å². The fourth-order valence-electron chi connectivity index (χ4n) is 6.66. The fraction of sp³-hybridized carbons (Fsp3) is 0.438. The second-order valence-corrected chi connectivity index (χ2v) is 12.0. The van der Waals surface area contributed by atoms with Crippen LogP contribution in [0.25, 0.3) is 5.65 Å². The van der Waals surface area contributed by atoms with E-state index in [1.54, 1.807) is 10.9 Å². The number of ether oxygens (including phenoxy) is 1. The number of hydrogen-bond donors (Lipinski definition) is 1. The topological polar surface area (TPSA) is 96.1 Å². The minimum atomic E-state index is 0.0834. The Kier molecular flexibility index (Phi) is 7.47. The normalized spacial score (nSPS) is 22.2. The highest BCUT2D eigenvalue weighted by Gasteiger charge is 2.43. The molecule has 0 spiro atoms. The highest BCUT2D eigenvalue weighted by Crippen LogP contribution is 2.41. The molecule has 7 rings (SSSR count). The molecule has 4 aromatic rings. The van der Waals surface area contributed by atoms with Crippen LogP contribution in [0.3, 0.4) is 0 Å².